The Balaban J connectivity index is 4.02. The monoisotopic (exact) mass is 364 g/mol. The average Bonchev–Trinajstić information content (AvgIpc) is 2.48. The van der Waals surface area contributed by atoms with Crippen molar-refractivity contribution in [3.63, 3.8) is 0 Å². The average molecular weight is 364 g/mol. The van der Waals surface area contributed by atoms with Gasteiger partial charge >= 0.3 is 6.18 Å². The number of allylic oxidation sites excluding steroid dienone is 7. The molecule has 0 heterocycles. The molecule has 25 heavy (non-hydrogen) atoms. The van der Waals surface area contributed by atoms with E-state index in [0.29, 0.717) is 0 Å². The van der Waals surface area contributed by atoms with Crippen molar-refractivity contribution in [2.24, 2.45) is 0 Å². The minimum atomic E-state index is -5.58. The maximum Gasteiger partial charge on any atom is 0.422 e. The predicted octanol–water partition coefficient (Wildman–Crippen LogP) is 6.74. The van der Waals surface area contributed by atoms with Crippen molar-refractivity contribution in [1.82, 2.24) is 0 Å². The molecule has 0 aliphatic carbocycles. The van der Waals surface area contributed by atoms with Crippen LogP contribution in [0.1, 0.15) is 31.9 Å². The molecule has 0 fully saturated rings. The van der Waals surface area contributed by atoms with Crippen LogP contribution in [0.15, 0.2) is 42.0 Å². The lowest BCUT2D eigenvalue weighted by Crippen LogP contribution is -2.17. The maximum atomic E-state index is 14.3. The third-order valence-electron chi connectivity index (χ3n) is 3.37. The summed E-state index contributed by atoms with van der Waals surface area (Å²) in [6.07, 6.45) is -0.0898. The Bertz CT molecular complexity index is 749. The molecule has 136 valence electrons. The topological polar surface area (TPSA) is 0 Å². The zero-order chi connectivity index (χ0) is 19.5. The van der Waals surface area contributed by atoms with E-state index in [1.807, 2.05) is 0 Å². The van der Waals surface area contributed by atoms with Crippen molar-refractivity contribution >= 4 is 5.57 Å². The summed E-state index contributed by atoms with van der Waals surface area (Å²) in [5.74, 6) is -9.19. The molecule has 0 bridgehead atoms. The quantitative estimate of drug-likeness (QED) is 0.315. The smallest absolute Gasteiger partial charge is 0.203 e. The summed E-state index contributed by atoms with van der Waals surface area (Å²) in [4.78, 5) is 0. The summed E-state index contributed by atoms with van der Waals surface area (Å²) in [7, 11) is 0. The second kappa shape index (κ2) is 7.72. The molecule has 0 saturated heterocycles. The summed E-state index contributed by atoms with van der Waals surface area (Å²) in [6.45, 7) is 7.79. The van der Waals surface area contributed by atoms with Crippen LogP contribution in [0.3, 0.4) is 0 Å². The zero-order valence-corrected chi connectivity index (χ0v) is 13.7. The summed E-state index contributed by atoms with van der Waals surface area (Å²) >= 11 is 0. The van der Waals surface area contributed by atoms with E-state index >= 15 is 0 Å². The lowest BCUT2D eigenvalue weighted by Gasteiger charge is -2.18. The molecule has 0 unspecified atom stereocenters. The summed E-state index contributed by atoms with van der Waals surface area (Å²) in [5, 5.41) is 0. The molecule has 0 saturated carbocycles. The summed E-state index contributed by atoms with van der Waals surface area (Å²) in [6, 6.07) is 0. The Labute approximate surface area is 140 Å². The van der Waals surface area contributed by atoms with E-state index in [1.165, 1.54) is 38.2 Å². The van der Waals surface area contributed by atoms with Crippen LogP contribution >= 0.6 is 0 Å². The molecule has 0 amide bonds. The van der Waals surface area contributed by atoms with Gasteiger partial charge in [0.25, 0.3) is 0 Å². The Hall–Kier alpha value is -2.31. The van der Waals surface area contributed by atoms with Gasteiger partial charge in [-0.2, -0.15) is 13.2 Å². The standard InChI is InChI=1S/C18H15F7/c1-5-7-9(3)11(10(4)8-6-2)12-14(19)16(21)13(18(23,24)25)17(22)15(12)20/h5-8H,1H2,2-4H3/b8-6-,9-7+,11-10-. The lowest BCUT2D eigenvalue weighted by molar-refractivity contribution is -0.143. The number of halogens is 7. The van der Waals surface area contributed by atoms with Crippen LogP contribution in [0.5, 0.6) is 0 Å². The Morgan fingerprint density at radius 3 is 1.76 bits per heavy atom. The fraction of sp³-hybridized carbons (Fsp3) is 0.222. The first-order valence-corrected chi connectivity index (χ1v) is 7.05. The highest BCUT2D eigenvalue weighted by molar-refractivity contribution is 5.83. The molecule has 0 aromatic heterocycles. The number of hydrogen-bond donors (Lipinski definition) is 0. The lowest BCUT2D eigenvalue weighted by atomic mass is 9.91. The fourth-order valence-electron chi connectivity index (χ4n) is 2.40. The van der Waals surface area contributed by atoms with Crippen LogP contribution in [0.4, 0.5) is 30.7 Å². The van der Waals surface area contributed by atoms with Gasteiger partial charge in [0.05, 0.1) is 5.56 Å². The molecule has 1 aromatic carbocycles. The fourth-order valence-corrected chi connectivity index (χ4v) is 2.40. The van der Waals surface area contributed by atoms with E-state index < -0.39 is 40.6 Å². The van der Waals surface area contributed by atoms with Crippen molar-refractivity contribution in [3.8, 4) is 0 Å². The van der Waals surface area contributed by atoms with E-state index in [-0.39, 0.29) is 16.7 Å². The molecule has 0 aliphatic heterocycles. The number of benzene rings is 1. The van der Waals surface area contributed by atoms with Gasteiger partial charge in [0.15, 0.2) is 23.3 Å². The minimum Gasteiger partial charge on any atom is -0.203 e. The number of alkyl halides is 3. The Morgan fingerprint density at radius 1 is 0.920 bits per heavy atom. The van der Waals surface area contributed by atoms with Crippen LogP contribution in [-0.4, -0.2) is 0 Å². The van der Waals surface area contributed by atoms with Gasteiger partial charge in [-0.25, -0.2) is 17.6 Å². The third kappa shape index (κ3) is 4.03. The van der Waals surface area contributed by atoms with Gasteiger partial charge < -0.3 is 0 Å². The van der Waals surface area contributed by atoms with Crippen LogP contribution < -0.4 is 0 Å². The second-order valence-corrected chi connectivity index (χ2v) is 5.15. The van der Waals surface area contributed by atoms with E-state index in [0.717, 1.165) is 0 Å². The largest absolute Gasteiger partial charge is 0.422 e. The molecule has 0 radical (unpaired) electrons. The maximum absolute atomic E-state index is 14.3. The second-order valence-electron chi connectivity index (χ2n) is 5.15. The van der Waals surface area contributed by atoms with Crippen LogP contribution in [-0.2, 0) is 6.18 Å². The molecule has 0 nitrogen and oxygen atoms in total. The summed E-state index contributed by atoms with van der Waals surface area (Å²) < 4.78 is 94.4. The molecular formula is C18H15F7. The van der Waals surface area contributed by atoms with Crippen molar-refractivity contribution in [1.29, 1.82) is 0 Å². The molecule has 0 atom stereocenters. The molecule has 7 heteroatoms. The zero-order valence-electron chi connectivity index (χ0n) is 13.7. The van der Waals surface area contributed by atoms with E-state index in [2.05, 4.69) is 6.58 Å². The van der Waals surface area contributed by atoms with Crippen molar-refractivity contribution in [3.05, 3.63) is 76.4 Å². The first-order chi connectivity index (χ1) is 11.5. The molecule has 1 rings (SSSR count). The van der Waals surface area contributed by atoms with Crippen molar-refractivity contribution < 1.29 is 30.7 Å². The highest BCUT2D eigenvalue weighted by atomic mass is 19.4. The number of hydrogen-bond acceptors (Lipinski definition) is 0. The molecule has 0 aliphatic rings. The molecule has 1 aromatic rings. The highest BCUT2D eigenvalue weighted by Crippen LogP contribution is 2.40. The van der Waals surface area contributed by atoms with Crippen LogP contribution in [0.2, 0.25) is 0 Å². The van der Waals surface area contributed by atoms with Gasteiger partial charge in [0.1, 0.15) is 5.56 Å². The summed E-state index contributed by atoms with van der Waals surface area (Å²) in [5.41, 5.74) is -3.69. The highest BCUT2D eigenvalue weighted by Gasteiger charge is 2.42. The molecule has 0 N–H and O–H groups in total. The van der Waals surface area contributed by atoms with Gasteiger partial charge in [0, 0.05) is 0 Å². The minimum absolute atomic E-state index is 0.168. The van der Waals surface area contributed by atoms with Gasteiger partial charge in [-0.15, -0.1) is 0 Å². The normalized spacial score (nSPS) is 14.1. The van der Waals surface area contributed by atoms with Crippen LogP contribution in [0, 0.1) is 23.3 Å². The van der Waals surface area contributed by atoms with E-state index in [9.17, 15) is 30.7 Å². The van der Waals surface area contributed by atoms with Gasteiger partial charge in [-0.05, 0) is 37.5 Å². The third-order valence-corrected chi connectivity index (χ3v) is 3.37. The van der Waals surface area contributed by atoms with Gasteiger partial charge in [-0.3, -0.25) is 0 Å². The van der Waals surface area contributed by atoms with Gasteiger partial charge in [-0.1, -0.05) is 30.9 Å². The predicted molar refractivity (Wildman–Crippen MR) is 82.6 cm³/mol. The van der Waals surface area contributed by atoms with Crippen molar-refractivity contribution in [2.75, 3.05) is 0 Å². The van der Waals surface area contributed by atoms with Gasteiger partial charge in [0.2, 0.25) is 0 Å². The van der Waals surface area contributed by atoms with Crippen molar-refractivity contribution in [2.45, 2.75) is 26.9 Å². The van der Waals surface area contributed by atoms with E-state index in [4.69, 9.17) is 0 Å². The van der Waals surface area contributed by atoms with E-state index in [1.54, 1.807) is 6.92 Å². The van der Waals surface area contributed by atoms with Crippen LogP contribution in [0.25, 0.3) is 5.57 Å². The first-order valence-electron chi connectivity index (χ1n) is 7.05. The molecular weight excluding hydrogens is 349 g/mol. The SMILES string of the molecule is C=C/C=C(C)/C(=C(C)/C=C\C)c1c(F)c(F)c(C(F)(F)F)c(F)c1F. The molecule has 0 spiro atoms. The Kier molecular flexibility index (Phi) is 6.40. The number of rotatable bonds is 4. The first kappa shape index (κ1) is 20.7. The Morgan fingerprint density at radius 2 is 1.40 bits per heavy atom.